The molecule has 0 saturated carbocycles. The summed E-state index contributed by atoms with van der Waals surface area (Å²) in [6, 6.07) is 0. The van der Waals surface area contributed by atoms with Crippen molar-refractivity contribution in [3.8, 4) is 0 Å². The van der Waals surface area contributed by atoms with Crippen LogP contribution in [0.1, 0.15) is 310 Å². The zero-order chi connectivity index (χ0) is 49.3. The van der Waals surface area contributed by atoms with Crippen LogP contribution in [0, 0.1) is 0 Å². The Hall–Kier alpha value is -2.63. The second-order valence-corrected chi connectivity index (χ2v) is 19.9. The zero-order valence-corrected chi connectivity index (χ0v) is 45.4. The van der Waals surface area contributed by atoms with Gasteiger partial charge in [0.25, 0.3) is 0 Å². The number of esters is 3. The summed E-state index contributed by atoms with van der Waals surface area (Å²) in [5.41, 5.74) is 0. The van der Waals surface area contributed by atoms with E-state index in [1.807, 2.05) is 0 Å². The molecule has 0 fully saturated rings. The van der Waals surface area contributed by atoms with Crippen molar-refractivity contribution in [3.63, 3.8) is 0 Å². The molecule has 396 valence electrons. The summed E-state index contributed by atoms with van der Waals surface area (Å²) in [6.07, 6.45) is 69.6. The first-order valence-electron chi connectivity index (χ1n) is 29.6. The normalized spacial score (nSPS) is 12.3. The van der Waals surface area contributed by atoms with Crippen LogP contribution in [0.3, 0.4) is 0 Å². The number of hydrogen-bond donors (Lipinski definition) is 0. The minimum Gasteiger partial charge on any atom is -0.462 e. The molecule has 0 saturated heterocycles. The van der Waals surface area contributed by atoms with Gasteiger partial charge < -0.3 is 14.2 Å². The second kappa shape index (κ2) is 57.0. The summed E-state index contributed by atoms with van der Waals surface area (Å²) in [5.74, 6) is -0.896. The Kier molecular flexibility index (Phi) is 54.8. The molecule has 0 aromatic rings. The van der Waals surface area contributed by atoms with E-state index in [1.54, 1.807) is 0 Å². The van der Waals surface area contributed by atoms with Gasteiger partial charge in [-0.05, 0) is 64.2 Å². The first-order valence-corrected chi connectivity index (χ1v) is 29.6. The van der Waals surface area contributed by atoms with Gasteiger partial charge in [0.2, 0.25) is 0 Å². The Bertz CT molecular complexity index is 1190. The zero-order valence-electron chi connectivity index (χ0n) is 45.4. The fourth-order valence-corrected chi connectivity index (χ4v) is 8.60. The molecule has 0 aromatic carbocycles. The van der Waals surface area contributed by atoms with Crippen molar-refractivity contribution in [1.82, 2.24) is 0 Å². The van der Waals surface area contributed by atoms with Crippen LogP contribution >= 0.6 is 0 Å². The number of hydrogen-bond acceptors (Lipinski definition) is 6. The van der Waals surface area contributed by atoms with Crippen molar-refractivity contribution in [1.29, 1.82) is 0 Å². The van der Waals surface area contributed by atoms with Gasteiger partial charge >= 0.3 is 17.9 Å². The van der Waals surface area contributed by atoms with Crippen LogP contribution in [-0.4, -0.2) is 37.2 Å². The highest BCUT2D eigenvalue weighted by Crippen LogP contribution is 2.17. The number of rotatable bonds is 54. The van der Waals surface area contributed by atoms with Crippen molar-refractivity contribution in [2.24, 2.45) is 0 Å². The van der Waals surface area contributed by atoms with Gasteiger partial charge in [-0.1, -0.05) is 275 Å². The van der Waals surface area contributed by atoms with Gasteiger partial charge in [-0.25, -0.2) is 0 Å². The Balaban J connectivity index is 4.37. The molecule has 0 unspecified atom stereocenters. The van der Waals surface area contributed by atoms with E-state index in [0.29, 0.717) is 19.3 Å². The Morgan fingerprint density at radius 2 is 0.529 bits per heavy atom. The molecule has 0 amide bonds. The average Bonchev–Trinajstić information content (AvgIpc) is 3.34. The van der Waals surface area contributed by atoms with Crippen LogP contribution in [0.25, 0.3) is 0 Å². The van der Waals surface area contributed by atoms with E-state index in [1.165, 1.54) is 186 Å². The molecule has 0 radical (unpaired) electrons. The number of ether oxygens (including phenoxy) is 3. The van der Waals surface area contributed by atoms with Gasteiger partial charge in [0.15, 0.2) is 6.10 Å². The molecule has 0 aliphatic heterocycles. The molecule has 0 aliphatic rings. The third-order valence-electron chi connectivity index (χ3n) is 13.1. The smallest absolute Gasteiger partial charge is 0.306 e. The fraction of sp³-hybridized carbons (Fsp3) is 0.823. The summed E-state index contributed by atoms with van der Waals surface area (Å²) in [5, 5.41) is 0. The van der Waals surface area contributed by atoms with Crippen LogP contribution in [0.2, 0.25) is 0 Å². The van der Waals surface area contributed by atoms with Crippen LogP contribution in [0.4, 0.5) is 0 Å². The topological polar surface area (TPSA) is 78.9 Å². The highest BCUT2D eigenvalue weighted by molar-refractivity contribution is 5.71. The third kappa shape index (κ3) is 54.3. The summed E-state index contributed by atoms with van der Waals surface area (Å²) >= 11 is 0. The molecular formula is C62H112O6. The lowest BCUT2D eigenvalue weighted by Gasteiger charge is -2.18. The monoisotopic (exact) mass is 953 g/mol. The van der Waals surface area contributed by atoms with Crippen LogP contribution in [0.5, 0.6) is 0 Å². The van der Waals surface area contributed by atoms with Crippen molar-refractivity contribution in [2.45, 2.75) is 316 Å². The lowest BCUT2D eigenvalue weighted by atomic mass is 10.0. The van der Waals surface area contributed by atoms with Gasteiger partial charge in [0.1, 0.15) is 13.2 Å². The Labute approximate surface area is 422 Å². The number of carbonyl (C=O) groups excluding carboxylic acids is 3. The molecule has 0 heterocycles. The molecule has 0 aromatic heterocycles. The van der Waals surface area contributed by atoms with Gasteiger partial charge in [-0.3, -0.25) is 14.4 Å². The second-order valence-electron chi connectivity index (χ2n) is 19.9. The van der Waals surface area contributed by atoms with Crippen LogP contribution in [0.15, 0.2) is 48.6 Å². The highest BCUT2D eigenvalue weighted by Gasteiger charge is 2.19. The predicted octanol–water partition coefficient (Wildman–Crippen LogP) is 19.8. The van der Waals surface area contributed by atoms with Gasteiger partial charge in [0.05, 0.1) is 0 Å². The quantitative estimate of drug-likeness (QED) is 0.0262. The molecule has 68 heavy (non-hydrogen) atoms. The van der Waals surface area contributed by atoms with E-state index < -0.39 is 6.10 Å². The van der Waals surface area contributed by atoms with Crippen molar-refractivity contribution < 1.29 is 28.6 Å². The van der Waals surface area contributed by atoms with Crippen molar-refractivity contribution >= 4 is 17.9 Å². The largest absolute Gasteiger partial charge is 0.462 e. The summed E-state index contributed by atoms with van der Waals surface area (Å²) in [6.45, 7) is 6.62. The standard InChI is InChI=1S/C62H112O6/c1-4-7-10-13-16-19-22-25-27-29-31-33-35-37-40-43-46-49-52-55-61(64)67-58-59(57-66-60(63)54-51-48-45-42-39-24-21-18-15-12-9-6-3)68-62(65)56-53-50-47-44-41-38-36-34-32-30-28-26-23-20-17-14-11-8-5-2/h17,20,26,28,32,34,38,41,59H,4-16,18-19,21-25,27,29-31,33,35-37,39-40,42-58H2,1-3H3/b20-17-,28-26-,34-32-,41-38-/t59-/m0/s1. The maximum atomic E-state index is 12.9. The third-order valence-corrected chi connectivity index (χ3v) is 13.1. The van der Waals surface area contributed by atoms with E-state index in [-0.39, 0.29) is 31.1 Å². The number of unbranched alkanes of at least 4 members (excludes halogenated alkanes) is 35. The van der Waals surface area contributed by atoms with E-state index in [9.17, 15) is 14.4 Å². The lowest BCUT2D eigenvalue weighted by Crippen LogP contribution is -2.30. The minimum absolute atomic E-state index is 0.0817. The molecule has 1 atom stereocenters. The van der Waals surface area contributed by atoms with E-state index in [2.05, 4.69) is 69.4 Å². The molecule has 6 heteroatoms. The summed E-state index contributed by atoms with van der Waals surface area (Å²) in [7, 11) is 0. The SMILES string of the molecule is CCCCC/C=C\C/C=C\C/C=C\C/C=C\CCCCCC(=O)O[C@@H](COC(=O)CCCCCCCCCCCCCC)COC(=O)CCCCCCCCCCCCCCCCCCCCC. The van der Waals surface area contributed by atoms with Gasteiger partial charge in [-0.2, -0.15) is 0 Å². The van der Waals surface area contributed by atoms with Crippen LogP contribution in [-0.2, 0) is 28.6 Å². The molecule has 0 rings (SSSR count). The average molecular weight is 954 g/mol. The molecule has 0 N–H and O–H groups in total. The van der Waals surface area contributed by atoms with E-state index in [4.69, 9.17) is 14.2 Å². The minimum atomic E-state index is -0.786. The summed E-state index contributed by atoms with van der Waals surface area (Å²) < 4.78 is 16.9. The maximum Gasteiger partial charge on any atom is 0.306 e. The van der Waals surface area contributed by atoms with Crippen LogP contribution < -0.4 is 0 Å². The number of carbonyl (C=O) groups is 3. The molecular weight excluding hydrogens is 841 g/mol. The molecule has 6 nitrogen and oxygen atoms in total. The van der Waals surface area contributed by atoms with Crippen molar-refractivity contribution in [3.05, 3.63) is 48.6 Å². The maximum absolute atomic E-state index is 12.9. The summed E-state index contributed by atoms with van der Waals surface area (Å²) in [4.78, 5) is 38.1. The molecule has 0 aliphatic carbocycles. The van der Waals surface area contributed by atoms with E-state index >= 15 is 0 Å². The fourth-order valence-electron chi connectivity index (χ4n) is 8.60. The predicted molar refractivity (Wildman–Crippen MR) is 293 cm³/mol. The first-order chi connectivity index (χ1) is 33.5. The lowest BCUT2D eigenvalue weighted by molar-refractivity contribution is -0.167. The highest BCUT2D eigenvalue weighted by atomic mass is 16.6. The Morgan fingerprint density at radius 1 is 0.294 bits per heavy atom. The van der Waals surface area contributed by atoms with Gasteiger partial charge in [-0.15, -0.1) is 0 Å². The number of allylic oxidation sites excluding steroid dienone is 8. The first kappa shape index (κ1) is 65.4. The van der Waals surface area contributed by atoms with Crippen molar-refractivity contribution in [2.75, 3.05) is 13.2 Å². The van der Waals surface area contributed by atoms with E-state index in [0.717, 1.165) is 83.5 Å². The Morgan fingerprint density at radius 3 is 0.853 bits per heavy atom. The van der Waals surface area contributed by atoms with Gasteiger partial charge in [0, 0.05) is 19.3 Å². The molecule has 0 bridgehead atoms. The molecule has 0 spiro atoms.